The molecule has 140 valence electrons. The van der Waals surface area contributed by atoms with Gasteiger partial charge >= 0.3 is 0 Å². The molecule has 2 atom stereocenters. The molecule has 7 heteroatoms. The number of hydrogen-bond acceptors (Lipinski definition) is 5. The van der Waals surface area contributed by atoms with Crippen LogP contribution in [0.3, 0.4) is 0 Å². The quantitative estimate of drug-likeness (QED) is 0.778. The zero-order chi connectivity index (χ0) is 18.7. The summed E-state index contributed by atoms with van der Waals surface area (Å²) in [5.74, 6) is -0.584. The number of nitrogens with zero attached hydrogens (tertiary/aromatic N) is 2. The summed E-state index contributed by atoms with van der Waals surface area (Å²) in [6.07, 6.45) is 3.84. The zero-order valence-electron chi connectivity index (χ0n) is 15.0. The van der Waals surface area contributed by atoms with Gasteiger partial charge in [0.05, 0.1) is 18.2 Å². The van der Waals surface area contributed by atoms with E-state index in [1.165, 1.54) is 11.8 Å². The van der Waals surface area contributed by atoms with E-state index in [-0.39, 0.29) is 36.8 Å². The summed E-state index contributed by atoms with van der Waals surface area (Å²) in [4.78, 5) is 39.9. The maximum Gasteiger partial charge on any atom is 0.251 e. The Kier molecular flexibility index (Phi) is 5.68. The molecular weight excluding hydrogens is 334 g/mol. The summed E-state index contributed by atoms with van der Waals surface area (Å²) in [5, 5.41) is 12.0. The van der Waals surface area contributed by atoms with Crippen molar-refractivity contribution >= 4 is 29.1 Å². The molecule has 3 amide bonds. The third-order valence-electron chi connectivity index (χ3n) is 5.10. The van der Waals surface area contributed by atoms with E-state index in [9.17, 15) is 19.5 Å². The number of nitrogens with one attached hydrogen (secondary N) is 1. The van der Waals surface area contributed by atoms with Gasteiger partial charge < -0.3 is 10.4 Å². The fourth-order valence-corrected chi connectivity index (χ4v) is 3.94. The van der Waals surface area contributed by atoms with Crippen LogP contribution in [0.25, 0.3) is 0 Å². The Bertz CT molecular complexity index is 687. The third kappa shape index (κ3) is 3.78. The Morgan fingerprint density at radius 2 is 1.96 bits per heavy atom. The van der Waals surface area contributed by atoms with Crippen molar-refractivity contribution in [1.29, 1.82) is 0 Å². The Hall–Kier alpha value is -2.25. The highest BCUT2D eigenvalue weighted by atomic mass is 16.3. The fraction of sp³-hybridized carbons (Fsp3) is 0.526. The summed E-state index contributed by atoms with van der Waals surface area (Å²) < 4.78 is 0. The van der Waals surface area contributed by atoms with Gasteiger partial charge in [0, 0.05) is 25.3 Å². The van der Waals surface area contributed by atoms with Crippen molar-refractivity contribution in [3.63, 3.8) is 0 Å². The smallest absolute Gasteiger partial charge is 0.251 e. The molecule has 3 rings (SSSR count). The number of carbonyl (C=O) groups excluding carboxylic acids is 3. The van der Waals surface area contributed by atoms with E-state index in [4.69, 9.17) is 0 Å². The van der Waals surface area contributed by atoms with E-state index >= 15 is 0 Å². The van der Waals surface area contributed by atoms with Crippen LogP contribution in [0.15, 0.2) is 24.3 Å². The fourth-order valence-electron chi connectivity index (χ4n) is 3.94. The summed E-state index contributed by atoms with van der Waals surface area (Å²) in [7, 11) is 0. The molecule has 0 radical (unpaired) electrons. The number of piperidine rings is 1. The van der Waals surface area contributed by atoms with E-state index in [0.717, 1.165) is 25.8 Å². The van der Waals surface area contributed by atoms with Crippen LogP contribution >= 0.6 is 0 Å². The zero-order valence-corrected chi connectivity index (χ0v) is 15.0. The molecule has 26 heavy (non-hydrogen) atoms. The van der Waals surface area contributed by atoms with Crippen LogP contribution in [0, 0.1) is 0 Å². The van der Waals surface area contributed by atoms with E-state index in [0.29, 0.717) is 17.8 Å². The van der Waals surface area contributed by atoms with Gasteiger partial charge in [0.1, 0.15) is 0 Å². The first-order valence-electron chi connectivity index (χ1n) is 9.12. The van der Waals surface area contributed by atoms with Gasteiger partial charge in [-0.2, -0.15) is 0 Å². The number of amides is 3. The molecule has 0 unspecified atom stereocenters. The van der Waals surface area contributed by atoms with Crippen molar-refractivity contribution in [2.75, 3.05) is 23.4 Å². The minimum Gasteiger partial charge on any atom is -0.396 e. The molecule has 2 aliphatic heterocycles. The van der Waals surface area contributed by atoms with Crippen molar-refractivity contribution in [1.82, 2.24) is 4.90 Å². The largest absolute Gasteiger partial charge is 0.396 e. The van der Waals surface area contributed by atoms with Crippen LogP contribution in [-0.2, 0) is 14.4 Å². The van der Waals surface area contributed by atoms with E-state index in [2.05, 4.69) is 10.2 Å². The van der Waals surface area contributed by atoms with Crippen LogP contribution in [0.5, 0.6) is 0 Å². The topological polar surface area (TPSA) is 90.0 Å². The Morgan fingerprint density at radius 3 is 2.62 bits per heavy atom. The van der Waals surface area contributed by atoms with Gasteiger partial charge in [-0.1, -0.05) is 6.42 Å². The van der Waals surface area contributed by atoms with E-state index in [1.54, 1.807) is 24.3 Å². The summed E-state index contributed by atoms with van der Waals surface area (Å²) >= 11 is 0. The summed E-state index contributed by atoms with van der Waals surface area (Å²) in [5.41, 5.74) is 1.14. The number of aliphatic hydroxyl groups is 1. The second kappa shape index (κ2) is 7.97. The molecule has 7 nitrogen and oxygen atoms in total. The number of anilines is 2. The van der Waals surface area contributed by atoms with Crippen LogP contribution in [0.2, 0.25) is 0 Å². The lowest BCUT2D eigenvalue weighted by atomic mass is 9.97. The molecule has 2 saturated heterocycles. The van der Waals surface area contributed by atoms with Gasteiger partial charge in [-0.3, -0.25) is 19.3 Å². The first kappa shape index (κ1) is 18.5. The molecule has 0 aromatic heterocycles. The SMILES string of the molecule is CC(=O)Nc1ccc(N2C(=O)C[C@@H](N3CCCC[C@H]3CCO)C2=O)cc1. The van der Waals surface area contributed by atoms with E-state index in [1.807, 2.05) is 0 Å². The number of hydrogen-bond donors (Lipinski definition) is 2. The molecule has 2 N–H and O–H groups in total. The highest BCUT2D eigenvalue weighted by molar-refractivity contribution is 6.22. The lowest BCUT2D eigenvalue weighted by Gasteiger charge is -2.38. The Balaban J connectivity index is 1.77. The van der Waals surface area contributed by atoms with Crippen LogP contribution < -0.4 is 10.2 Å². The van der Waals surface area contributed by atoms with Crippen molar-refractivity contribution in [3.05, 3.63) is 24.3 Å². The summed E-state index contributed by atoms with van der Waals surface area (Å²) in [6.45, 7) is 2.29. The van der Waals surface area contributed by atoms with Crippen LogP contribution in [0.1, 0.15) is 39.0 Å². The number of likely N-dealkylation sites (tertiary alicyclic amines) is 1. The lowest BCUT2D eigenvalue weighted by molar-refractivity contribution is -0.124. The Labute approximate surface area is 153 Å². The van der Waals surface area contributed by atoms with E-state index < -0.39 is 6.04 Å². The predicted molar refractivity (Wildman–Crippen MR) is 97.7 cm³/mol. The molecule has 0 saturated carbocycles. The maximum atomic E-state index is 13.0. The standard InChI is InChI=1S/C19H25N3O4/c1-13(24)20-14-5-7-16(8-6-14)22-18(25)12-17(19(22)26)21-10-3-2-4-15(21)9-11-23/h5-8,15,17,23H,2-4,9-12H2,1H3,(H,20,24)/t15-,17+/m0/s1. The molecule has 0 bridgehead atoms. The van der Waals surface area contributed by atoms with Crippen LogP contribution in [0.4, 0.5) is 11.4 Å². The molecular formula is C19H25N3O4. The van der Waals surface area contributed by atoms with Gasteiger partial charge in [-0.25, -0.2) is 4.90 Å². The van der Waals surface area contributed by atoms with Gasteiger partial charge in [-0.15, -0.1) is 0 Å². The molecule has 0 aliphatic carbocycles. The van der Waals surface area contributed by atoms with Crippen LogP contribution in [-0.4, -0.2) is 53.0 Å². The monoisotopic (exact) mass is 359 g/mol. The van der Waals surface area contributed by atoms with Gasteiger partial charge in [0.2, 0.25) is 11.8 Å². The molecule has 2 aliphatic rings. The molecule has 1 aromatic carbocycles. The number of imide groups is 1. The average Bonchev–Trinajstić information content (AvgIpc) is 2.90. The number of carbonyl (C=O) groups is 3. The average molecular weight is 359 g/mol. The number of aliphatic hydroxyl groups excluding tert-OH is 1. The normalized spacial score (nSPS) is 24.2. The second-order valence-electron chi connectivity index (χ2n) is 6.92. The molecule has 0 spiro atoms. The highest BCUT2D eigenvalue weighted by Crippen LogP contribution is 2.31. The van der Waals surface area contributed by atoms with Crippen molar-refractivity contribution in [2.45, 2.75) is 51.1 Å². The first-order chi connectivity index (χ1) is 12.5. The maximum absolute atomic E-state index is 13.0. The Morgan fingerprint density at radius 1 is 1.23 bits per heavy atom. The van der Waals surface area contributed by atoms with Gasteiger partial charge in [0.25, 0.3) is 5.91 Å². The number of benzene rings is 1. The van der Waals surface area contributed by atoms with Crippen molar-refractivity contribution < 1.29 is 19.5 Å². The van der Waals surface area contributed by atoms with Gasteiger partial charge in [0.15, 0.2) is 0 Å². The minimum absolute atomic E-state index is 0.0876. The third-order valence-corrected chi connectivity index (χ3v) is 5.10. The lowest BCUT2D eigenvalue weighted by Crippen LogP contribution is -2.50. The molecule has 1 aromatic rings. The predicted octanol–water partition coefficient (Wildman–Crippen LogP) is 1.51. The minimum atomic E-state index is -0.450. The second-order valence-corrected chi connectivity index (χ2v) is 6.92. The van der Waals surface area contributed by atoms with Crippen molar-refractivity contribution in [3.8, 4) is 0 Å². The number of rotatable bonds is 5. The van der Waals surface area contributed by atoms with Gasteiger partial charge in [-0.05, 0) is 50.1 Å². The molecule has 2 heterocycles. The summed E-state index contributed by atoms with van der Waals surface area (Å²) in [6, 6.07) is 6.41. The van der Waals surface area contributed by atoms with Crippen molar-refractivity contribution in [2.24, 2.45) is 0 Å². The molecule has 2 fully saturated rings. The highest BCUT2D eigenvalue weighted by Gasteiger charge is 2.44. The first-order valence-corrected chi connectivity index (χ1v) is 9.12.